The molecule has 0 unspecified atom stereocenters. The predicted octanol–water partition coefficient (Wildman–Crippen LogP) is 2.92. The average molecular weight is 411 g/mol. The van der Waals surface area contributed by atoms with Crippen molar-refractivity contribution >= 4 is 40.2 Å². The molecule has 1 N–H and O–H groups in total. The number of anilines is 1. The van der Waals surface area contributed by atoms with E-state index in [1.807, 2.05) is 32.0 Å². The van der Waals surface area contributed by atoms with Crippen LogP contribution in [0, 0.1) is 13.8 Å². The third kappa shape index (κ3) is 5.03. The highest BCUT2D eigenvalue weighted by Crippen LogP contribution is 2.19. The zero-order chi connectivity index (χ0) is 21.0. The third-order valence-electron chi connectivity index (χ3n) is 4.18. The Morgan fingerprint density at radius 3 is 2.52 bits per heavy atom. The SMILES string of the molecule is COC(=O)Cn1c(SCC(=O)Nc2cc(C)cc(C)c2)nc2ccccc2c1=O. The monoisotopic (exact) mass is 411 g/mol. The van der Waals surface area contributed by atoms with Crippen LogP contribution in [-0.2, 0) is 20.9 Å². The minimum atomic E-state index is -0.564. The summed E-state index contributed by atoms with van der Waals surface area (Å²) in [6.45, 7) is 3.65. The number of carbonyl (C=O) groups excluding carboxylic acids is 2. The van der Waals surface area contributed by atoms with Gasteiger partial charge in [-0.3, -0.25) is 19.0 Å². The van der Waals surface area contributed by atoms with Crippen molar-refractivity contribution in [3.8, 4) is 0 Å². The maximum absolute atomic E-state index is 12.8. The molecule has 0 aliphatic heterocycles. The van der Waals surface area contributed by atoms with Crippen molar-refractivity contribution in [1.82, 2.24) is 9.55 Å². The van der Waals surface area contributed by atoms with Crippen molar-refractivity contribution in [2.75, 3.05) is 18.2 Å². The van der Waals surface area contributed by atoms with Crippen molar-refractivity contribution in [3.63, 3.8) is 0 Å². The van der Waals surface area contributed by atoms with E-state index in [1.165, 1.54) is 11.7 Å². The summed E-state index contributed by atoms with van der Waals surface area (Å²) in [6, 6.07) is 12.7. The normalized spacial score (nSPS) is 10.7. The summed E-state index contributed by atoms with van der Waals surface area (Å²) in [6.07, 6.45) is 0. The maximum atomic E-state index is 12.8. The minimum Gasteiger partial charge on any atom is -0.468 e. The number of ether oxygens (including phenoxy) is 1. The van der Waals surface area contributed by atoms with Crippen LogP contribution in [0.4, 0.5) is 5.69 Å². The Bertz CT molecular complexity index is 1120. The first kappa shape index (κ1) is 20.6. The van der Waals surface area contributed by atoms with E-state index in [0.717, 1.165) is 22.9 Å². The van der Waals surface area contributed by atoms with Gasteiger partial charge in [-0.15, -0.1) is 0 Å². The van der Waals surface area contributed by atoms with Gasteiger partial charge in [-0.2, -0.15) is 0 Å². The molecule has 0 aliphatic carbocycles. The van der Waals surface area contributed by atoms with E-state index in [2.05, 4.69) is 15.0 Å². The van der Waals surface area contributed by atoms with Gasteiger partial charge in [-0.25, -0.2) is 4.98 Å². The standard InChI is InChI=1S/C21H21N3O4S/c1-13-8-14(2)10-15(9-13)22-18(25)12-29-21-23-17-7-5-4-6-16(17)20(27)24(21)11-19(26)28-3/h4-10H,11-12H2,1-3H3,(H,22,25). The number of amides is 1. The van der Waals surface area contributed by atoms with E-state index in [-0.39, 0.29) is 28.9 Å². The number of hydrogen-bond acceptors (Lipinski definition) is 6. The van der Waals surface area contributed by atoms with E-state index in [9.17, 15) is 14.4 Å². The smallest absolute Gasteiger partial charge is 0.325 e. The fourth-order valence-electron chi connectivity index (χ4n) is 2.96. The Labute approximate surface area is 172 Å². The molecular formula is C21H21N3O4S. The van der Waals surface area contributed by atoms with Crippen LogP contribution in [0.1, 0.15) is 11.1 Å². The number of methoxy groups -OCH3 is 1. The largest absolute Gasteiger partial charge is 0.468 e. The highest BCUT2D eigenvalue weighted by atomic mass is 32.2. The number of hydrogen-bond donors (Lipinski definition) is 1. The fourth-order valence-corrected chi connectivity index (χ4v) is 3.76. The second-order valence-electron chi connectivity index (χ2n) is 6.59. The predicted molar refractivity (Wildman–Crippen MR) is 113 cm³/mol. The molecule has 7 nitrogen and oxygen atoms in total. The number of benzene rings is 2. The van der Waals surface area contributed by atoms with E-state index in [4.69, 9.17) is 0 Å². The molecule has 0 atom stereocenters. The Hall–Kier alpha value is -3.13. The molecule has 150 valence electrons. The van der Waals surface area contributed by atoms with Gasteiger partial charge >= 0.3 is 5.97 Å². The van der Waals surface area contributed by atoms with Crippen molar-refractivity contribution in [2.24, 2.45) is 0 Å². The Balaban J connectivity index is 1.84. The summed E-state index contributed by atoms with van der Waals surface area (Å²) < 4.78 is 5.93. The van der Waals surface area contributed by atoms with Gasteiger partial charge < -0.3 is 10.1 Å². The number of para-hydroxylation sites is 1. The summed E-state index contributed by atoms with van der Waals surface area (Å²) in [5.74, 6) is -0.753. The van der Waals surface area contributed by atoms with Crippen LogP contribution >= 0.6 is 11.8 Å². The first-order valence-electron chi connectivity index (χ1n) is 8.94. The summed E-state index contributed by atoms with van der Waals surface area (Å²) in [5.41, 5.74) is 2.98. The molecule has 0 bridgehead atoms. The second kappa shape index (κ2) is 8.91. The number of aryl methyl sites for hydroxylation is 2. The molecule has 1 heterocycles. The second-order valence-corrected chi connectivity index (χ2v) is 7.53. The van der Waals surface area contributed by atoms with Crippen LogP contribution in [0.15, 0.2) is 52.4 Å². The summed E-state index contributed by atoms with van der Waals surface area (Å²) >= 11 is 1.10. The van der Waals surface area contributed by atoms with Crippen molar-refractivity contribution in [3.05, 3.63) is 63.9 Å². The van der Waals surface area contributed by atoms with Crippen molar-refractivity contribution in [1.29, 1.82) is 0 Å². The molecule has 1 aromatic heterocycles. The quantitative estimate of drug-likeness (QED) is 0.381. The number of thioether (sulfide) groups is 1. The highest BCUT2D eigenvalue weighted by molar-refractivity contribution is 7.99. The number of aromatic nitrogens is 2. The Morgan fingerprint density at radius 2 is 1.83 bits per heavy atom. The van der Waals surface area contributed by atoms with Crippen molar-refractivity contribution < 1.29 is 14.3 Å². The van der Waals surface area contributed by atoms with Crippen LogP contribution in [0.2, 0.25) is 0 Å². The lowest BCUT2D eigenvalue weighted by Crippen LogP contribution is -2.28. The lowest BCUT2D eigenvalue weighted by atomic mass is 10.1. The first-order chi connectivity index (χ1) is 13.9. The van der Waals surface area contributed by atoms with E-state index in [0.29, 0.717) is 16.6 Å². The van der Waals surface area contributed by atoms with E-state index in [1.54, 1.807) is 24.3 Å². The molecule has 2 aromatic carbocycles. The van der Waals surface area contributed by atoms with Crippen molar-refractivity contribution in [2.45, 2.75) is 25.5 Å². The van der Waals surface area contributed by atoms with Gasteiger partial charge in [0.05, 0.1) is 23.8 Å². The van der Waals surface area contributed by atoms with E-state index >= 15 is 0 Å². The van der Waals surface area contributed by atoms with Gasteiger partial charge in [0.1, 0.15) is 6.54 Å². The number of nitrogens with one attached hydrogen (secondary N) is 1. The summed E-state index contributed by atoms with van der Waals surface area (Å²) in [4.78, 5) is 41.5. The molecule has 0 aliphatic rings. The average Bonchev–Trinajstić information content (AvgIpc) is 2.68. The molecule has 3 rings (SSSR count). The number of rotatable bonds is 6. The number of nitrogens with zero attached hydrogens (tertiary/aromatic N) is 2. The van der Waals surface area contributed by atoms with Crippen LogP contribution in [0.25, 0.3) is 10.9 Å². The van der Waals surface area contributed by atoms with Gasteiger partial charge in [0.2, 0.25) is 5.91 Å². The van der Waals surface area contributed by atoms with Crippen LogP contribution in [-0.4, -0.2) is 34.3 Å². The zero-order valence-corrected chi connectivity index (χ0v) is 17.2. The number of carbonyl (C=O) groups is 2. The topological polar surface area (TPSA) is 90.3 Å². The Kier molecular flexibility index (Phi) is 6.33. The van der Waals surface area contributed by atoms with Gasteiger partial charge in [0, 0.05) is 5.69 Å². The van der Waals surface area contributed by atoms with Crippen LogP contribution < -0.4 is 10.9 Å². The number of fused-ring (bicyclic) bond motifs is 1. The molecule has 0 spiro atoms. The van der Waals surface area contributed by atoms with Gasteiger partial charge in [-0.05, 0) is 49.2 Å². The van der Waals surface area contributed by atoms with Crippen LogP contribution in [0.5, 0.6) is 0 Å². The van der Waals surface area contributed by atoms with Gasteiger partial charge in [-0.1, -0.05) is 30.0 Å². The lowest BCUT2D eigenvalue weighted by molar-refractivity contribution is -0.141. The molecular weight excluding hydrogens is 390 g/mol. The zero-order valence-electron chi connectivity index (χ0n) is 16.4. The third-order valence-corrected chi connectivity index (χ3v) is 5.16. The first-order valence-corrected chi connectivity index (χ1v) is 9.93. The summed E-state index contributed by atoms with van der Waals surface area (Å²) in [7, 11) is 1.26. The molecule has 0 saturated carbocycles. The molecule has 8 heteroatoms. The molecule has 1 amide bonds. The van der Waals surface area contributed by atoms with E-state index < -0.39 is 5.97 Å². The summed E-state index contributed by atoms with van der Waals surface area (Å²) in [5, 5.41) is 3.54. The fraction of sp³-hybridized carbons (Fsp3) is 0.238. The molecule has 3 aromatic rings. The maximum Gasteiger partial charge on any atom is 0.325 e. The lowest BCUT2D eigenvalue weighted by Gasteiger charge is -2.12. The minimum absolute atomic E-state index is 0.0406. The van der Waals surface area contributed by atoms with Crippen LogP contribution in [0.3, 0.4) is 0 Å². The molecule has 0 radical (unpaired) electrons. The Morgan fingerprint density at radius 1 is 1.14 bits per heavy atom. The van der Waals surface area contributed by atoms with Gasteiger partial charge in [0.25, 0.3) is 5.56 Å². The molecule has 0 saturated heterocycles. The van der Waals surface area contributed by atoms with Gasteiger partial charge in [0.15, 0.2) is 5.16 Å². The number of esters is 1. The highest BCUT2D eigenvalue weighted by Gasteiger charge is 2.16. The molecule has 0 fully saturated rings. The molecule has 29 heavy (non-hydrogen) atoms.